The minimum absolute atomic E-state index is 0.181. The number of rotatable bonds is 6. The van der Waals surface area contributed by atoms with Gasteiger partial charge in [-0.25, -0.2) is 8.42 Å². The maximum absolute atomic E-state index is 12.2. The van der Waals surface area contributed by atoms with Crippen LogP contribution in [0.25, 0.3) is 28.4 Å². The first-order valence-corrected chi connectivity index (χ1v) is 11.6. The van der Waals surface area contributed by atoms with E-state index in [1.54, 1.807) is 18.3 Å². The van der Waals surface area contributed by atoms with Crippen molar-refractivity contribution in [2.45, 2.75) is 19.8 Å². The molecule has 0 aliphatic carbocycles. The van der Waals surface area contributed by atoms with Crippen molar-refractivity contribution in [3.05, 3.63) is 54.6 Å². The highest BCUT2D eigenvalue weighted by Crippen LogP contribution is 2.36. The van der Waals surface area contributed by atoms with Gasteiger partial charge in [0, 0.05) is 29.8 Å². The average Bonchev–Trinajstić information content (AvgIpc) is 3.27. The second-order valence-corrected chi connectivity index (χ2v) is 9.22. The summed E-state index contributed by atoms with van der Waals surface area (Å²) in [6, 6.07) is 15.3. The molecule has 0 bridgehead atoms. The summed E-state index contributed by atoms with van der Waals surface area (Å²) in [5.74, 6) is 0.927. The lowest BCUT2D eigenvalue weighted by molar-refractivity contribution is 0.318. The van der Waals surface area contributed by atoms with Crippen LogP contribution in [0.5, 0.6) is 5.75 Å². The number of sulfonamides is 1. The van der Waals surface area contributed by atoms with Gasteiger partial charge in [0.25, 0.3) is 0 Å². The summed E-state index contributed by atoms with van der Waals surface area (Å²) < 4.78 is 33.5. The van der Waals surface area contributed by atoms with Gasteiger partial charge >= 0.3 is 0 Å². The Kier molecular flexibility index (Phi) is 5.27. The van der Waals surface area contributed by atoms with Crippen molar-refractivity contribution in [3.8, 4) is 23.1 Å². The quantitative estimate of drug-likeness (QED) is 0.582. The molecule has 0 saturated carbocycles. The summed E-state index contributed by atoms with van der Waals surface area (Å²) in [6.07, 6.45) is 3.23. The van der Waals surface area contributed by atoms with Crippen molar-refractivity contribution in [1.29, 1.82) is 5.26 Å². The Morgan fingerprint density at radius 3 is 2.60 bits per heavy atom. The Labute approximate surface area is 176 Å². The molecule has 0 spiro atoms. The predicted molar refractivity (Wildman–Crippen MR) is 120 cm³/mol. The zero-order valence-electron chi connectivity index (χ0n) is 16.8. The second kappa shape index (κ2) is 7.88. The molecule has 2 aromatic carbocycles. The van der Waals surface area contributed by atoms with Crippen LogP contribution in [0.15, 0.2) is 49.0 Å². The SMILES string of the molecule is C=Cn1c(-c2ccc(N3CCCS3(=O)=O)cc2)c(C#N)c2ccc(OCCC)cc21. The number of benzene rings is 2. The Morgan fingerprint density at radius 2 is 2.00 bits per heavy atom. The predicted octanol–water partition coefficient (Wildman–Crippen LogP) is 4.61. The molecule has 1 aliphatic heterocycles. The highest BCUT2D eigenvalue weighted by molar-refractivity contribution is 7.93. The Morgan fingerprint density at radius 1 is 1.23 bits per heavy atom. The van der Waals surface area contributed by atoms with E-state index in [2.05, 4.69) is 12.6 Å². The summed E-state index contributed by atoms with van der Waals surface area (Å²) in [5, 5.41) is 10.7. The normalized spacial score (nSPS) is 15.3. The van der Waals surface area contributed by atoms with E-state index in [0.717, 1.165) is 34.3 Å². The molecule has 0 unspecified atom stereocenters. The molecule has 0 atom stereocenters. The molecule has 4 rings (SSSR count). The fraction of sp³-hybridized carbons (Fsp3) is 0.261. The fourth-order valence-electron chi connectivity index (χ4n) is 3.90. The van der Waals surface area contributed by atoms with E-state index in [1.807, 2.05) is 41.8 Å². The van der Waals surface area contributed by atoms with Crippen LogP contribution in [0.4, 0.5) is 5.69 Å². The van der Waals surface area contributed by atoms with Gasteiger partial charge in [-0.15, -0.1) is 0 Å². The molecule has 1 aromatic heterocycles. The van der Waals surface area contributed by atoms with Crippen molar-refractivity contribution in [1.82, 2.24) is 4.57 Å². The van der Waals surface area contributed by atoms with Crippen LogP contribution in [-0.2, 0) is 10.0 Å². The molecule has 0 amide bonds. The zero-order valence-corrected chi connectivity index (χ0v) is 17.7. The second-order valence-electron chi connectivity index (χ2n) is 7.20. The molecule has 0 radical (unpaired) electrons. The molecular weight excluding hydrogens is 398 g/mol. The van der Waals surface area contributed by atoms with Crippen molar-refractivity contribution < 1.29 is 13.2 Å². The summed E-state index contributed by atoms with van der Waals surface area (Å²) in [6.45, 7) is 7.10. The molecule has 154 valence electrons. The van der Waals surface area contributed by atoms with Crippen molar-refractivity contribution >= 4 is 32.8 Å². The molecule has 1 aliphatic rings. The molecule has 30 heavy (non-hydrogen) atoms. The highest BCUT2D eigenvalue weighted by Gasteiger charge is 2.28. The van der Waals surface area contributed by atoms with Gasteiger partial charge in [-0.05, 0) is 37.1 Å². The van der Waals surface area contributed by atoms with Gasteiger partial charge in [0.1, 0.15) is 11.8 Å². The monoisotopic (exact) mass is 421 g/mol. The first-order valence-electron chi connectivity index (χ1n) is 9.94. The third kappa shape index (κ3) is 3.33. The van der Waals surface area contributed by atoms with Gasteiger partial charge in [0.2, 0.25) is 10.0 Å². The van der Waals surface area contributed by atoms with Crippen molar-refractivity contribution in [2.24, 2.45) is 0 Å². The summed E-state index contributed by atoms with van der Waals surface area (Å²) >= 11 is 0. The van der Waals surface area contributed by atoms with Crippen LogP contribution < -0.4 is 9.04 Å². The Balaban J connectivity index is 1.82. The summed E-state index contributed by atoms with van der Waals surface area (Å²) in [5.41, 5.74) is 3.58. The van der Waals surface area contributed by atoms with Gasteiger partial charge in [-0.3, -0.25) is 4.31 Å². The molecule has 7 heteroatoms. The number of hydrogen-bond donors (Lipinski definition) is 0. The lowest BCUT2D eigenvalue weighted by atomic mass is 10.1. The number of fused-ring (bicyclic) bond motifs is 1. The van der Waals surface area contributed by atoms with Crippen LogP contribution >= 0.6 is 0 Å². The zero-order chi connectivity index (χ0) is 21.3. The van der Waals surface area contributed by atoms with Gasteiger partial charge in [-0.2, -0.15) is 5.26 Å². The molecular formula is C23H23N3O3S. The molecule has 1 saturated heterocycles. The van der Waals surface area contributed by atoms with E-state index < -0.39 is 10.0 Å². The average molecular weight is 422 g/mol. The minimum Gasteiger partial charge on any atom is -0.494 e. The van der Waals surface area contributed by atoms with E-state index in [1.165, 1.54) is 4.31 Å². The van der Waals surface area contributed by atoms with Crippen LogP contribution in [0.2, 0.25) is 0 Å². The standard InChI is InChI=1S/C23H23N3O3S/c1-3-13-29-19-10-11-20-21(16-24)23(25(4-2)22(20)15-19)17-6-8-18(9-7-17)26-12-5-14-30(26,27)28/h4,6-11,15H,2-3,5,12-14H2,1H3. The van der Waals surface area contributed by atoms with Gasteiger partial charge in [0.05, 0.1) is 34.8 Å². The van der Waals surface area contributed by atoms with Crippen molar-refractivity contribution in [3.63, 3.8) is 0 Å². The minimum atomic E-state index is -3.23. The van der Waals surface area contributed by atoms with E-state index in [4.69, 9.17) is 4.74 Å². The largest absolute Gasteiger partial charge is 0.494 e. The smallest absolute Gasteiger partial charge is 0.235 e. The first-order chi connectivity index (χ1) is 14.5. The molecule has 0 N–H and O–H groups in total. The number of nitriles is 1. The first kappa shape index (κ1) is 20.0. The van der Waals surface area contributed by atoms with E-state index in [0.29, 0.717) is 30.8 Å². The fourth-order valence-corrected chi connectivity index (χ4v) is 5.47. The van der Waals surface area contributed by atoms with E-state index in [9.17, 15) is 13.7 Å². The van der Waals surface area contributed by atoms with Crippen molar-refractivity contribution in [2.75, 3.05) is 23.2 Å². The Bertz CT molecular complexity index is 1250. The maximum atomic E-state index is 12.2. The van der Waals surface area contributed by atoms with Crippen LogP contribution in [0, 0.1) is 11.3 Å². The molecule has 1 fully saturated rings. The van der Waals surface area contributed by atoms with Crippen LogP contribution in [0.3, 0.4) is 0 Å². The number of nitrogens with zero attached hydrogens (tertiary/aromatic N) is 3. The molecule has 6 nitrogen and oxygen atoms in total. The lowest BCUT2D eigenvalue weighted by Crippen LogP contribution is -2.24. The number of anilines is 1. The number of hydrogen-bond acceptors (Lipinski definition) is 4. The summed E-state index contributed by atoms with van der Waals surface area (Å²) in [4.78, 5) is 0. The van der Waals surface area contributed by atoms with Gasteiger partial charge < -0.3 is 9.30 Å². The Hall–Kier alpha value is -3.24. The van der Waals surface area contributed by atoms with Gasteiger partial charge in [0.15, 0.2) is 0 Å². The highest BCUT2D eigenvalue weighted by atomic mass is 32.2. The van der Waals surface area contributed by atoms with Crippen LogP contribution in [0.1, 0.15) is 25.3 Å². The van der Waals surface area contributed by atoms with Crippen LogP contribution in [-0.4, -0.2) is 31.9 Å². The summed E-state index contributed by atoms with van der Waals surface area (Å²) in [7, 11) is -3.23. The molecule has 3 aromatic rings. The van der Waals surface area contributed by atoms with E-state index in [-0.39, 0.29) is 5.75 Å². The number of ether oxygens (including phenoxy) is 1. The van der Waals surface area contributed by atoms with E-state index >= 15 is 0 Å². The third-order valence-corrected chi connectivity index (χ3v) is 7.14. The van der Waals surface area contributed by atoms with Gasteiger partial charge in [-0.1, -0.05) is 25.6 Å². The lowest BCUT2D eigenvalue weighted by Gasteiger charge is -2.17. The third-order valence-electron chi connectivity index (χ3n) is 5.27. The number of aromatic nitrogens is 1. The maximum Gasteiger partial charge on any atom is 0.235 e. The molecule has 2 heterocycles. The topological polar surface area (TPSA) is 75.3 Å².